The lowest BCUT2D eigenvalue weighted by molar-refractivity contribution is 0.113. The van der Waals surface area contributed by atoms with E-state index in [9.17, 15) is 5.11 Å². The average Bonchev–Trinajstić information content (AvgIpc) is 2.76. The highest BCUT2D eigenvalue weighted by molar-refractivity contribution is 5.75. The van der Waals surface area contributed by atoms with E-state index in [0.717, 1.165) is 37.4 Å². The fourth-order valence-electron chi connectivity index (χ4n) is 2.98. The molecule has 102 valence electrons. The number of fused-ring (bicyclic) bond motifs is 1. The number of nitrogens with zero attached hydrogens (tertiary/aromatic N) is 3. The van der Waals surface area contributed by atoms with E-state index in [1.807, 2.05) is 6.07 Å². The Morgan fingerprint density at radius 1 is 1.37 bits per heavy atom. The SMILES string of the molecule is Cn1c(CN2CCCC(CO)C2)nc2ccccc21. The van der Waals surface area contributed by atoms with Crippen molar-refractivity contribution in [1.29, 1.82) is 0 Å². The van der Waals surface area contributed by atoms with E-state index in [2.05, 4.69) is 34.7 Å². The van der Waals surface area contributed by atoms with Gasteiger partial charge in [0.15, 0.2) is 0 Å². The smallest absolute Gasteiger partial charge is 0.123 e. The van der Waals surface area contributed by atoms with E-state index in [1.54, 1.807) is 0 Å². The summed E-state index contributed by atoms with van der Waals surface area (Å²) >= 11 is 0. The Balaban J connectivity index is 1.79. The zero-order chi connectivity index (χ0) is 13.2. The minimum atomic E-state index is 0.305. The fraction of sp³-hybridized carbons (Fsp3) is 0.533. The Morgan fingerprint density at radius 3 is 3.00 bits per heavy atom. The van der Waals surface area contributed by atoms with Crippen LogP contribution in [0.25, 0.3) is 11.0 Å². The first-order valence-corrected chi connectivity index (χ1v) is 7.01. The Kier molecular flexibility index (Phi) is 3.53. The molecule has 1 unspecified atom stereocenters. The summed E-state index contributed by atoms with van der Waals surface area (Å²) < 4.78 is 2.18. The topological polar surface area (TPSA) is 41.3 Å². The number of hydrogen-bond acceptors (Lipinski definition) is 3. The Bertz CT molecular complexity index is 564. The first kappa shape index (κ1) is 12.6. The quantitative estimate of drug-likeness (QED) is 0.913. The monoisotopic (exact) mass is 259 g/mol. The molecule has 1 aliphatic rings. The highest BCUT2D eigenvalue weighted by Crippen LogP contribution is 2.20. The number of para-hydroxylation sites is 2. The van der Waals surface area contributed by atoms with Crippen LogP contribution in [0.1, 0.15) is 18.7 Å². The Labute approximate surface area is 113 Å². The number of aryl methyl sites for hydroxylation is 1. The number of aliphatic hydroxyl groups is 1. The molecule has 1 saturated heterocycles. The highest BCUT2D eigenvalue weighted by atomic mass is 16.3. The van der Waals surface area contributed by atoms with Gasteiger partial charge in [0.05, 0.1) is 17.6 Å². The summed E-state index contributed by atoms with van der Waals surface area (Å²) in [6.45, 7) is 3.28. The van der Waals surface area contributed by atoms with Gasteiger partial charge < -0.3 is 9.67 Å². The second kappa shape index (κ2) is 5.31. The van der Waals surface area contributed by atoms with Crippen LogP contribution in [0, 0.1) is 5.92 Å². The minimum Gasteiger partial charge on any atom is -0.396 e. The molecule has 0 amide bonds. The molecular formula is C15H21N3O. The van der Waals surface area contributed by atoms with E-state index in [-0.39, 0.29) is 0 Å². The molecule has 1 N–H and O–H groups in total. The third-order valence-electron chi connectivity index (χ3n) is 4.11. The van der Waals surface area contributed by atoms with Crippen LogP contribution in [0.3, 0.4) is 0 Å². The van der Waals surface area contributed by atoms with Crippen molar-refractivity contribution in [3.8, 4) is 0 Å². The number of likely N-dealkylation sites (tertiary alicyclic amines) is 1. The molecule has 0 aliphatic carbocycles. The molecule has 2 aromatic rings. The van der Waals surface area contributed by atoms with Crippen LogP contribution in [0.15, 0.2) is 24.3 Å². The van der Waals surface area contributed by atoms with Crippen LogP contribution in [-0.4, -0.2) is 39.3 Å². The van der Waals surface area contributed by atoms with Gasteiger partial charge in [-0.15, -0.1) is 0 Å². The van der Waals surface area contributed by atoms with E-state index < -0.39 is 0 Å². The second-order valence-electron chi connectivity index (χ2n) is 5.50. The lowest BCUT2D eigenvalue weighted by Gasteiger charge is -2.31. The van der Waals surface area contributed by atoms with E-state index in [1.165, 1.54) is 11.9 Å². The largest absolute Gasteiger partial charge is 0.396 e. The van der Waals surface area contributed by atoms with Gasteiger partial charge in [0, 0.05) is 20.2 Å². The summed E-state index contributed by atoms with van der Waals surface area (Å²) in [4.78, 5) is 7.12. The van der Waals surface area contributed by atoms with E-state index in [0.29, 0.717) is 12.5 Å². The van der Waals surface area contributed by atoms with Crippen molar-refractivity contribution in [1.82, 2.24) is 14.5 Å². The lowest BCUT2D eigenvalue weighted by atomic mass is 9.99. The van der Waals surface area contributed by atoms with Crippen molar-refractivity contribution in [3.05, 3.63) is 30.1 Å². The lowest BCUT2D eigenvalue weighted by Crippen LogP contribution is -2.36. The van der Waals surface area contributed by atoms with Crippen molar-refractivity contribution < 1.29 is 5.11 Å². The summed E-state index contributed by atoms with van der Waals surface area (Å²) in [5.74, 6) is 1.54. The first-order chi connectivity index (χ1) is 9.28. The van der Waals surface area contributed by atoms with Gasteiger partial charge in [0.25, 0.3) is 0 Å². The Morgan fingerprint density at radius 2 is 2.21 bits per heavy atom. The zero-order valence-electron chi connectivity index (χ0n) is 11.4. The van der Waals surface area contributed by atoms with Gasteiger partial charge >= 0.3 is 0 Å². The van der Waals surface area contributed by atoms with Crippen LogP contribution < -0.4 is 0 Å². The van der Waals surface area contributed by atoms with Gasteiger partial charge in [-0.1, -0.05) is 12.1 Å². The van der Waals surface area contributed by atoms with E-state index >= 15 is 0 Å². The molecular weight excluding hydrogens is 238 g/mol. The molecule has 1 aromatic carbocycles. The molecule has 19 heavy (non-hydrogen) atoms. The Hall–Kier alpha value is -1.39. The van der Waals surface area contributed by atoms with Crippen molar-refractivity contribution in [2.45, 2.75) is 19.4 Å². The molecule has 4 nitrogen and oxygen atoms in total. The number of imidazole rings is 1. The predicted molar refractivity (Wildman–Crippen MR) is 75.8 cm³/mol. The normalized spacial score (nSPS) is 21.1. The number of aromatic nitrogens is 2. The summed E-state index contributed by atoms with van der Waals surface area (Å²) in [6, 6.07) is 8.25. The van der Waals surface area contributed by atoms with Crippen LogP contribution in [-0.2, 0) is 13.6 Å². The van der Waals surface area contributed by atoms with Gasteiger partial charge in [-0.25, -0.2) is 4.98 Å². The van der Waals surface area contributed by atoms with Crippen LogP contribution in [0.2, 0.25) is 0 Å². The van der Waals surface area contributed by atoms with Gasteiger partial charge in [0.1, 0.15) is 5.82 Å². The maximum Gasteiger partial charge on any atom is 0.123 e. The molecule has 2 heterocycles. The molecule has 0 radical (unpaired) electrons. The molecule has 1 aromatic heterocycles. The summed E-state index contributed by atoms with van der Waals surface area (Å²) in [6.07, 6.45) is 2.32. The van der Waals surface area contributed by atoms with Crippen LogP contribution in [0.5, 0.6) is 0 Å². The fourth-order valence-corrected chi connectivity index (χ4v) is 2.98. The minimum absolute atomic E-state index is 0.305. The van der Waals surface area contributed by atoms with Crippen molar-refractivity contribution in [2.24, 2.45) is 13.0 Å². The molecule has 1 atom stereocenters. The number of aliphatic hydroxyl groups excluding tert-OH is 1. The molecule has 0 saturated carbocycles. The van der Waals surface area contributed by atoms with E-state index in [4.69, 9.17) is 4.98 Å². The van der Waals surface area contributed by atoms with Crippen molar-refractivity contribution >= 4 is 11.0 Å². The van der Waals surface area contributed by atoms with Crippen LogP contribution in [0.4, 0.5) is 0 Å². The molecule has 3 rings (SSSR count). The van der Waals surface area contributed by atoms with Gasteiger partial charge in [0.2, 0.25) is 0 Å². The number of benzene rings is 1. The zero-order valence-corrected chi connectivity index (χ0v) is 11.4. The van der Waals surface area contributed by atoms with Gasteiger partial charge in [-0.3, -0.25) is 4.90 Å². The summed E-state index contributed by atoms with van der Waals surface area (Å²) in [5, 5.41) is 9.30. The predicted octanol–water partition coefficient (Wildman–Crippen LogP) is 1.78. The summed E-state index contributed by atoms with van der Waals surface area (Å²) in [7, 11) is 2.08. The second-order valence-corrected chi connectivity index (χ2v) is 5.50. The molecule has 0 bridgehead atoms. The molecule has 1 fully saturated rings. The number of hydrogen-bond donors (Lipinski definition) is 1. The van der Waals surface area contributed by atoms with Crippen LogP contribution >= 0.6 is 0 Å². The van der Waals surface area contributed by atoms with Gasteiger partial charge in [-0.2, -0.15) is 0 Å². The van der Waals surface area contributed by atoms with Crippen molar-refractivity contribution in [3.63, 3.8) is 0 Å². The number of piperidine rings is 1. The standard InChI is InChI=1S/C15H21N3O/c1-17-14-7-3-2-6-13(14)16-15(17)10-18-8-4-5-12(9-18)11-19/h2-3,6-7,12,19H,4-5,8-11H2,1H3. The average molecular weight is 259 g/mol. The first-order valence-electron chi connectivity index (χ1n) is 7.01. The maximum absolute atomic E-state index is 9.30. The van der Waals surface area contributed by atoms with Crippen molar-refractivity contribution in [2.75, 3.05) is 19.7 Å². The van der Waals surface area contributed by atoms with Gasteiger partial charge in [-0.05, 0) is 37.4 Å². The molecule has 1 aliphatic heterocycles. The summed E-state index contributed by atoms with van der Waals surface area (Å²) in [5.41, 5.74) is 2.25. The maximum atomic E-state index is 9.30. The third-order valence-corrected chi connectivity index (χ3v) is 4.11. The molecule has 4 heteroatoms. The highest BCUT2D eigenvalue weighted by Gasteiger charge is 2.20. The third kappa shape index (κ3) is 2.51. The number of rotatable bonds is 3. The molecule has 0 spiro atoms.